The predicted molar refractivity (Wildman–Crippen MR) is 127 cm³/mol. The number of methoxy groups -OCH3 is 1. The maximum absolute atomic E-state index is 13.9. The largest absolute Gasteiger partial charge is 0.496 e. The van der Waals surface area contributed by atoms with Crippen LogP contribution in [-0.4, -0.2) is 46.9 Å². The lowest BCUT2D eigenvalue weighted by Crippen LogP contribution is -2.45. The second-order valence-electron chi connectivity index (χ2n) is 8.48. The number of nitrogen functional groups attached to an aromatic ring is 1. The van der Waals surface area contributed by atoms with E-state index in [9.17, 15) is 18.7 Å². The number of primary amides is 1. The highest BCUT2D eigenvalue weighted by Gasteiger charge is 2.39. The number of carbonyl (C=O) groups excluding carboxylic acids is 1. The Morgan fingerprint density at radius 1 is 1.31 bits per heavy atom. The molecule has 2 aromatic carbocycles. The Morgan fingerprint density at radius 2 is 2.03 bits per heavy atom. The van der Waals surface area contributed by atoms with E-state index in [2.05, 4.69) is 15.7 Å². The van der Waals surface area contributed by atoms with Gasteiger partial charge in [-0.1, -0.05) is 42.5 Å². The number of halogens is 2. The molecule has 3 aromatic rings. The number of benzene rings is 2. The van der Waals surface area contributed by atoms with E-state index in [1.54, 1.807) is 36.4 Å². The number of nitrogens with zero attached hydrogens (tertiary/aromatic N) is 2. The molecule has 11 heteroatoms. The molecule has 1 aliphatic rings. The van der Waals surface area contributed by atoms with Gasteiger partial charge in [0.25, 0.3) is 11.8 Å². The van der Waals surface area contributed by atoms with Gasteiger partial charge in [-0.2, -0.15) is 5.10 Å². The summed E-state index contributed by atoms with van der Waals surface area (Å²) in [4.78, 5) is 12.1. The molecule has 1 aromatic heterocycles. The van der Waals surface area contributed by atoms with Crippen LogP contribution < -0.4 is 26.8 Å². The first kappa shape index (κ1) is 24.6. The molecule has 1 amide bonds. The lowest BCUT2D eigenvalue weighted by molar-refractivity contribution is -0.0377. The van der Waals surface area contributed by atoms with Gasteiger partial charge in [0.15, 0.2) is 0 Å². The minimum Gasteiger partial charge on any atom is -0.496 e. The topological polar surface area (TPSA) is 140 Å². The number of aromatic nitrogens is 2. The monoisotopic (exact) mass is 486 g/mol. The molecule has 0 saturated carbocycles. The van der Waals surface area contributed by atoms with Crippen molar-refractivity contribution in [1.29, 1.82) is 0 Å². The van der Waals surface area contributed by atoms with E-state index in [-0.39, 0.29) is 23.6 Å². The second kappa shape index (κ2) is 9.98. The van der Waals surface area contributed by atoms with Crippen molar-refractivity contribution in [3.05, 3.63) is 65.2 Å². The number of aliphatic hydroxyl groups is 1. The maximum atomic E-state index is 13.9. The van der Waals surface area contributed by atoms with Gasteiger partial charge in [-0.05, 0) is 11.6 Å². The fourth-order valence-corrected chi connectivity index (χ4v) is 4.25. The summed E-state index contributed by atoms with van der Waals surface area (Å²) in [6.45, 7) is 0.182. The van der Waals surface area contributed by atoms with Gasteiger partial charge in [-0.25, -0.2) is 13.5 Å². The van der Waals surface area contributed by atoms with E-state index in [1.165, 1.54) is 11.8 Å². The van der Waals surface area contributed by atoms with Crippen LogP contribution in [0.25, 0.3) is 11.3 Å². The number of ether oxygens (including phenoxy) is 1. The van der Waals surface area contributed by atoms with Crippen molar-refractivity contribution in [3.63, 3.8) is 0 Å². The van der Waals surface area contributed by atoms with Crippen molar-refractivity contribution >= 4 is 11.7 Å². The van der Waals surface area contributed by atoms with Crippen LogP contribution in [0.15, 0.2) is 48.5 Å². The average Bonchev–Trinajstić information content (AvgIpc) is 3.19. The first-order chi connectivity index (χ1) is 16.7. The van der Waals surface area contributed by atoms with Gasteiger partial charge < -0.3 is 26.6 Å². The average molecular weight is 487 g/mol. The van der Waals surface area contributed by atoms with Crippen LogP contribution in [0.2, 0.25) is 0 Å². The molecule has 2 unspecified atom stereocenters. The number of nitrogens with one attached hydrogen (secondary N) is 2. The normalized spacial score (nSPS) is 18.2. The first-order valence-corrected chi connectivity index (χ1v) is 11.1. The minimum absolute atomic E-state index is 0.00337. The third-order valence-electron chi connectivity index (χ3n) is 6.00. The molecule has 2 atom stereocenters. The maximum Gasteiger partial charge on any atom is 0.262 e. The molecule has 35 heavy (non-hydrogen) atoms. The molecule has 4 rings (SSSR count). The number of amides is 1. The zero-order valence-electron chi connectivity index (χ0n) is 19.2. The smallest absolute Gasteiger partial charge is 0.262 e. The Balaban J connectivity index is 1.53. The molecule has 1 aliphatic heterocycles. The van der Waals surface area contributed by atoms with Gasteiger partial charge in [0.05, 0.1) is 19.7 Å². The standard InChI is InChI=1S/C24H28F2N6O3/c1-35-18-5-3-2-4-17(18)23(34)30-11-14-6-8-15(9-7-14)20-19(22(28)33)21(27)32(31-20)16-10-24(25,26)13-29-12-16/h2-9,16,23,29-30,34H,10-13,27H2,1H3,(H2,28,33). The molecular formula is C24H28F2N6O3. The zero-order chi connectivity index (χ0) is 25.2. The fraction of sp³-hybridized carbons (Fsp3) is 0.333. The summed E-state index contributed by atoms with van der Waals surface area (Å²) in [5.41, 5.74) is 13.9. The lowest BCUT2D eigenvalue weighted by Gasteiger charge is -2.30. The van der Waals surface area contributed by atoms with Crippen molar-refractivity contribution in [3.8, 4) is 17.0 Å². The molecule has 7 N–H and O–H groups in total. The van der Waals surface area contributed by atoms with Gasteiger partial charge in [0.1, 0.15) is 29.1 Å². The number of anilines is 1. The number of hydrogen-bond acceptors (Lipinski definition) is 7. The Bertz CT molecular complexity index is 1200. The molecule has 186 valence electrons. The van der Waals surface area contributed by atoms with Crippen LogP contribution in [0.1, 0.15) is 40.2 Å². The Kier molecular flexibility index (Phi) is 7.01. The third kappa shape index (κ3) is 5.26. The van der Waals surface area contributed by atoms with Gasteiger partial charge in [0.2, 0.25) is 0 Å². The van der Waals surface area contributed by atoms with E-state index in [4.69, 9.17) is 16.2 Å². The van der Waals surface area contributed by atoms with E-state index in [0.717, 1.165) is 5.56 Å². The number of carbonyl (C=O) groups is 1. The molecule has 1 fully saturated rings. The Morgan fingerprint density at radius 3 is 2.69 bits per heavy atom. The highest BCUT2D eigenvalue weighted by molar-refractivity contribution is 6.03. The van der Waals surface area contributed by atoms with E-state index in [0.29, 0.717) is 23.4 Å². The predicted octanol–water partition coefficient (Wildman–Crippen LogP) is 2.19. The number of alkyl halides is 2. The third-order valence-corrected chi connectivity index (χ3v) is 6.00. The summed E-state index contributed by atoms with van der Waals surface area (Å²) >= 11 is 0. The van der Waals surface area contributed by atoms with Gasteiger partial charge in [-0.3, -0.25) is 10.1 Å². The summed E-state index contributed by atoms with van der Waals surface area (Å²) in [6.07, 6.45) is -1.38. The summed E-state index contributed by atoms with van der Waals surface area (Å²) < 4.78 is 34.4. The van der Waals surface area contributed by atoms with Crippen molar-refractivity contribution < 1.29 is 23.4 Å². The highest BCUT2D eigenvalue weighted by Crippen LogP contribution is 2.34. The van der Waals surface area contributed by atoms with Crippen LogP contribution in [0.3, 0.4) is 0 Å². The van der Waals surface area contributed by atoms with Crippen LogP contribution >= 0.6 is 0 Å². The van der Waals surface area contributed by atoms with E-state index in [1.807, 2.05) is 12.1 Å². The van der Waals surface area contributed by atoms with E-state index >= 15 is 0 Å². The van der Waals surface area contributed by atoms with Gasteiger partial charge >= 0.3 is 0 Å². The van der Waals surface area contributed by atoms with Crippen LogP contribution in [-0.2, 0) is 6.54 Å². The van der Waals surface area contributed by atoms with Crippen LogP contribution in [0, 0.1) is 0 Å². The highest BCUT2D eigenvalue weighted by atomic mass is 19.3. The van der Waals surface area contributed by atoms with Crippen molar-refractivity contribution in [2.45, 2.75) is 31.2 Å². The Hall–Kier alpha value is -3.54. The van der Waals surface area contributed by atoms with Crippen LogP contribution in [0.5, 0.6) is 5.75 Å². The summed E-state index contributed by atoms with van der Waals surface area (Å²) in [6, 6.07) is 13.5. The second-order valence-corrected chi connectivity index (χ2v) is 8.48. The molecule has 9 nitrogen and oxygen atoms in total. The molecule has 0 radical (unpaired) electrons. The summed E-state index contributed by atoms with van der Waals surface area (Å²) in [7, 11) is 1.54. The fourth-order valence-electron chi connectivity index (χ4n) is 4.25. The number of rotatable bonds is 8. The van der Waals surface area contributed by atoms with Crippen molar-refractivity contribution in [2.75, 3.05) is 25.9 Å². The van der Waals surface area contributed by atoms with Gasteiger partial charge in [0, 0.05) is 30.6 Å². The molecule has 0 aliphatic carbocycles. The zero-order valence-corrected chi connectivity index (χ0v) is 19.2. The number of para-hydroxylation sites is 1. The molecular weight excluding hydrogens is 458 g/mol. The summed E-state index contributed by atoms with van der Waals surface area (Å²) in [5, 5.41) is 20.6. The molecule has 2 heterocycles. The molecule has 0 spiro atoms. The SMILES string of the molecule is COc1ccccc1C(O)NCc1ccc(-c2nn(C3CNCC(F)(F)C3)c(N)c2C(N)=O)cc1. The Labute approximate surface area is 201 Å². The molecule has 0 bridgehead atoms. The lowest BCUT2D eigenvalue weighted by atomic mass is 10.0. The summed E-state index contributed by atoms with van der Waals surface area (Å²) in [5.74, 6) is -3.16. The van der Waals surface area contributed by atoms with Crippen LogP contribution in [0.4, 0.5) is 14.6 Å². The first-order valence-electron chi connectivity index (χ1n) is 11.1. The minimum atomic E-state index is -2.91. The van der Waals surface area contributed by atoms with Crippen molar-refractivity contribution in [1.82, 2.24) is 20.4 Å². The number of hydrogen-bond donors (Lipinski definition) is 5. The van der Waals surface area contributed by atoms with Gasteiger partial charge in [-0.15, -0.1) is 0 Å². The molecule has 1 saturated heterocycles. The number of piperidine rings is 1. The van der Waals surface area contributed by atoms with Crippen molar-refractivity contribution in [2.24, 2.45) is 5.73 Å². The number of nitrogens with two attached hydrogens (primary N) is 2. The number of aliphatic hydroxyl groups excluding tert-OH is 1. The quantitative estimate of drug-likeness (QED) is 0.308. The van der Waals surface area contributed by atoms with E-state index < -0.39 is 37.1 Å².